The Bertz CT molecular complexity index is 641. The predicted molar refractivity (Wildman–Crippen MR) is 83.1 cm³/mol. The van der Waals surface area contributed by atoms with E-state index in [0.717, 1.165) is 5.56 Å². The quantitative estimate of drug-likeness (QED) is 0.768. The SMILES string of the molecule is CC(N)(Cc1cccc(Cl)c1)c1cc(F)c(Cl)cc1Cl. The number of hydrogen-bond donors (Lipinski definition) is 1. The van der Waals surface area contributed by atoms with Crippen molar-refractivity contribution in [3.05, 3.63) is 68.4 Å². The van der Waals surface area contributed by atoms with Crippen molar-refractivity contribution in [2.24, 2.45) is 5.73 Å². The zero-order valence-corrected chi connectivity index (χ0v) is 13.0. The van der Waals surface area contributed by atoms with Crippen LogP contribution < -0.4 is 5.73 Å². The van der Waals surface area contributed by atoms with Crippen LogP contribution in [0.1, 0.15) is 18.1 Å². The van der Waals surface area contributed by atoms with E-state index in [0.29, 0.717) is 22.0 Å². The lowest BCUT2D eigenvalue weighted by Gasteiger charge is -2.27. The second-order valence-corrected chi connectivity index (χ2v) is 6.22. The van der Waals surface area contributed by atoms with Gasteiger partial charge >= 0.3 is 0 Å². The van der Waals surface area contributed by atoms with Crippen molar-refractivity contribution in [1.82, 2.24) is 0 Å². The van der Waals surface area contributed by atoms with E-state index in [4.69, 9.17) is 40.5 Å². The van der Waals surface area contributed by atoms with E-state index in [1.807, 2.05) is 18.2 Å². The molecule has 2 rings (SSSR count). The highest BCUT2D eigenvalue weighted by atomic mass is 35.5. The summed E-state index contributed by atoms with van der Waals surface area (Å²) in [5, 5.41) is 0.965. The average molecular weight is 333 g/mol. The van der Waals surface area contributed by atoms with Crippen LogP contribution in [-0.4, -0.2) is 0 Å². The van der Waals surface area contributed by atoms with Gasteiger partial charge in [-0.3, -0.25) is 0 Å². The molecule has 0 saturated heterocycles. The molecule has 0 saturated carbocycles. The van der Waals surface area contributed by atoms with E-state index in [1.165, 1.54) is 12.1 Å². The Morgan fingerprint density at radius 2 is 1.80 bits per heavy atom. The molecule has 20 heavy (non-hydrogen) atoms. The van der Waals surface area contributed by atoms with Gasteiger partial charge in [0.2, 0.25) is 0 Å². The van der Waals surface area contributed by atoms with Crippen molar-refractivity contribution in [2.75, 3.05) is 0 Å². The van der Waals surface area contributed by atoms with Crippen molar-refractivity contribution in [3.63, 3.8) is 0 Å². The standard InChI is InChI=1S/C15H13Cl3FN/c1-15(20,8-9-3-2-4-10(16)5-9)11-6-14(19)13(18)7-12(11)17/h2-7H,8,20H2,1H3. The van der Waals surface area contributed by atoms with Crippen LogP contribution in [0.15, 0.2) is 36.4 Å². The third kappa shape index (κ3) is 3.44. The third-order valence-electron chi connectivity index (χ3n) is 3.09. The van der Waals surface area contributed by atoms with Crippen LogP contribution in [0.4, 0.5) is 4.39 Å². The fourth-order valence-corrected chi connectivity index (χ4v) is 2.94. The maximum Gasteiger partial charge on any atom is 0.142 e. The van der Waals surface area contributed by atoms with Crippen molar-refractivity contribution >= 4 is 34.8 Å². The second kappa shape index (κ2) is 5.90. The van der Waals surface area contributed by atoms with Gasteiger partial charge in [0.1, 0.15) is 5.82 Å². The fraction of sp³-hybridized carbons (Fsp3) is 0.200. The number of halogens is 4. The van der Waals surface area contributed by atoms with Crippen molar-refractivity contribution in [1.29, 1.82) is 0 Å². The lowest BCUT2D eigenvalue weighted by molar-refractivity contribution is 0.486. The highest BCUT2D eigenvalue weighted by Gasteiger charge is 2.26. The van der Waals surface area contributed by atoms with Gasteiger partial charge in [-0.1, -0.05) is 46.9 Å². The number of benzene rings is 2. The van der Waals surface area contributed by atoms with Gasteiger partial charge in [-0.25, -0.2) is 4.39 Å². The van der Waals surface area contributed by atoms with E-state index in [2.05, 4.69) is 0 Å². The summed E-state index contributed by atoms with van der Waals surface area (Å²) in [6, 6.07) is 10.0. The first kappa shape index (κ1) is 15.6. The molecule has 1 unspecified atom stereocenters. The summed E-state index contributed by atoms with van der Waals surface area (Å²) in [6.07, 6.45) is 0.481. The maximum atomic E-state index is 13.6. The first-order valence-electron chi connectivity index (χ1n) is 5.98. The van der Waals surface area contributed by atoms with Crippen LogP contribution in [0.5, 0.6) is 0 Å². The zero-order chi connectivity index (χ0) is 14.9. The van der Waals surface area contributed by atoms with Crippen molar-refractivity contribution < 1.29 is 4.39 Å². The molecule has 0 aliphatic heterocycles. The number of hydrogen-bond acceptors (Lipinski definition) is 1. The number of rotatable bonds is 3. The summed E-state index contributed by atoms with van der Waals surface area (Å²) in [5.41, 5.74) is 6.94. The minimum Gasteiger partial charge on any atom is -0.321 e. The molecule has 0 aromatic heterocycles. The maximum absolute atomic E-state index is 13.6. The molecule has 2 aromatic carbocycles. The van der Waals surface area contributed by atoms with Crippen LogP contribution >= 0.6 is 34.8 Å². The summed E-state index contributed by atoms with van der Waals surface area (Å²) >= 11 is 17.8. The van der Waals surface area contributed by atoms with Crippen molar-refractivity contribution in [2.45, 2.75) is 18.9 Å². The molecule has 1 nitrogen and oxygen atoms in total. The molecular formula is C15H13Cl3FN. The Labute approximate surface area is 132 Å². The van der Waals surface area contributed by atoms with E-state index in [1.54, 1.807) is 13.0 Å². The van der Waals surface area contributed by atoms with Crippen LogP contribution in [0.3, 0.4) is 0 Å². The smallest absolute Gasteiger partial charge is 0.142 e. The van der Waals surface area contributed by atoms with Crippen molar-refractivity contribution in [3.8, 4) is 0 Å². The molecule has 0 radical (unpaired) electrons. The average Bonchev–Trinajstić information content (AvgIpc) is 2.33. The predicted octanol–water partition coefficient (Wildman–Crippen LogP) is 5.20. The molecule has 0 bridgehead atoms. The molecule has 0 spiro atoms. The molecule has 5 heteroatoms. The minimum atomic E-state index is -0.826. The largest absolute Gasteiger partial charge is 0.321 e. The van der Waals surface area contributed by atoms with Crippen LogP contribution in [0, 0.1) is 5.82 Å². The molecule has 1 atom stereocenters. The highest BCUT2D eigenvalue weighted by Crippen LogP contribution is 2.33. The molecule has 0 heterocycles. The van der Waals surface area contributed by atoms with Crippen LogP contribution in [-0.2, 0) is 12.0 Å². The van der Waals surface area contributed by atoms with Gasteiger partial charge in [-0.15, -0.1) is 0 Å². The monoisotopic (exact) mass is 331 g/mol. The van der Waals surface area contributed by atoms with E-state index in [9.17, 15) is 4.39 Å². The summed E-state index contributed by atoms with van der Waals surface area (Å²) in [7, 11) is 0. The van der Waals surface area contributed by atoms with E-state index in [-0.39, 0.29) is 5.02 Å². The van der Waals surface area contributed by atoms with Gasteiger partial charge in [0.05, 0.1) is 5.02 Å². The first-order valence-corrected chi connectivity index (χ1v) is 7.11. The lowest BCUT2D eigenvalue weighted by atomic mass is 9.86. The molecule has 0 amide bonds. The minimum absolute atomic E-state index is 0.0164. The Morgan fingerprint density at radius 1 is 1.10 bits per heavy atom. The van der Waals surface area contributed by atoms with Crippen LogP contribution in [0.2, 0.25) is 15.1 Å². The molecule has 106 valence electrons. The van der Waals surface area contributed by atoms with E-state index < -0.39 is 11.4 Å². The number of nitrogens with two attached hydrogens (primary N) is 1. The topological polar surface area (TPSA) is 26.0 Å². The molecule has 2 N–H and O–H groups in total. The summed E-state index contributed by atoms with van der Waals surface area (Å²) in [5.74, 6) is -0.533. The Morgan fingerprint density at radius 3 is 2.45 bits per heavy atom. The molecule has 0 aliphatic carbocycles. The Kier molecular flexibility index (Phi) is 4.60. The highest BCUT2D eigenvalue weighted by molar-refractivity contribution is 6.35. The van der Waals surface area contributed by atoms with Gasteiger partial charge in [-0.2, -0.15) is 0 Å². The zero-order valence-electron chi connectivity index (χ0n) is 10.8. The van der Waals surface area contributed by atoms with Gasteiger partial charge in [-0.05, 0) is 48.7 Å². The second-order valence-electron chi connectivity index (χ2n) is 4.97. The summed E-state index contributed by atoms with van der Waals surface area (Å²) < 4.78 is 13.6. The Hall–Kier alpha value is -0.800. The fourth-order valence-electron chi connectivity index (χ4n) is 2.13. The molecular weight excluding hydrogens is 320 g/mol. The van der Waals surface area contributed by atoms with E-state index >= 15 is 0 Å². The van der Waals surface area contributed by atoms with Gasteiger partial charge < -0.3 is 5.73 Å². The first-order chi connectivity index (χ1) is 9.29. The molecule has 0 fully saturated rings. The van der Waals surface area contributed by atoms with Crippen LogP contribution in [0.25, 0.3) is 0 Å². The Balaban J connectivity index is 2.37. The summed E-state index contributed by atoms with van der Waals surface area (Å²) in [4.78, 5) is 0. The van der Waals surface area contributed by atoms with Gasteiger partial charge in [0.15, 0.2) is 0 Å². The third-order valence-corrected chi connectivity index (χ3v) is 3.92. The molecule has 2 aromatic rings. The molecule has 0 aliphatic rings. The summed E-state index contributed by atoms with van der Waals surface area (Å²) in [6.45, 7) is 1.79. The van der Waals surface area contributed by atoms with Gasteiger partial charge in [0.25, 0.3) is 0 Å². The van der Waals surface area contributed by atoms with Gasteiger partial charge in [0, 0.05) is 15.6 Å². The normalized spacial score (nSPS) is 14.1. The lowest BCUT2D eigenvalue weighted by Crippen LogP contribution is -2.36.